The number of hydrogen-bond donors (Lipinski definition) is 1. The number of fused-ring (bicyclic) bond motifs is 1. The third kappa shape index (κ3) is 3.67. The molecule has 1 aliphatic rings. The van der Waals surface area contributed by atoms with Crippen molar-refractivity contribution in [1.29, 1.82) is 0 Å². The highest BCUT2D eigenvalue weighted by Gasteiger charge is 2.30. The molecule has 3 rings (SSSR count). The number of benzene rings is 1. The van der Waals surface area contributed by atoms with E-state index in [2.05, 4.69) is 36.4 Å². The third-order valence-electron chi connectivity index (χ3n) is 4.95. The van der Waals surface area contributed by atoms with E-state index in [0.717, 1.165) is 11.3 Å². The van der Waals surface area contributed by atoms with Crippen molar-refractivity contribution >= 4 is 15.7 Å². The Morgan fingerprint density at radius 2 is 1.77 bits per heavy atom. The van der Waals surface area contributed by atoms with Gasteiger partial charge in [0.2, 0.25) is 0 Å². The zero-order valence-electron chi connectivity index (χ0n) is 15.6. The Balaban J connectivity index is 1.80. The van der Waals surface area contributed by atoms with Crippen LogP contribution in [0.3, 0.4) is 0 Å². The highest BCUT2D eigenvalue weighted by atomic mass is 32.2. The number of carbonyl (C=O) groups excluding carboxylic acids is 1. The van der Waals surface area contributed by atoms with Gasteiger partial charge in [0.1, 0.15) is 0 Å². The van der Waals surface area contributed by atoms with Crippen LogP contribution >= 0.6 is 0 Å². The molecule has 1 N–H and O–H groups in total. The predicted molar refractivity (Wildman–Crippen MR) is 101 cm³/mol. The van der Waals surface area contributed by atoms with Crippen LogP contribution in [-0.4, -0.2) is 29.9 Å². The highest BCUT2D eigenvalue weighted by molar-refractivity contribution is 7.90. The average Bonchev–Trinajstić information content (AvgIpc) is 2.89. The lowest BCUT2D eigenvalue weighted by Crippen LogP contribution is -2.29. The molecule has 0 fully saturated rings. The lowest BCUT2D eigenvalue weighted by atomic mass is 9.99. The summed E-state index contributed by atoms with van der Waals surface area (Å²) in [4.78, 5) is 12.7. The maximum Gasteiger partial charge on any atom is 0.272 e. The number of carbonyl (C=O) groups is 1. The molecule has 1 amide bonds. The van der Waals surface area contributed by atoms with Crippen molar-refractivity contribution in [3.05, 3.63) is 52.3 Å². The molecule has 1 aromatic heterocycles. The number of aromatic nitrogens is 2. The molecule has 2 aromatic rings. The lowest BCUT2D eigenvalue weighted by Gasteiger charge is -2.16. The van der Waals surface area contributed by atoms with Crippen LogP contribution < -0.4 is 5.32 Å². The molecule has 0 saturated heterocycles. The number of rotatable bonds is 4. The monoisotopic (exact) mass is 375 g/mol. The number of aryl methyl sites for hydroxylation is 1. The molecule has 0 radical (unpaired) electrons. The molecule has 1 unspecified atom stereocenters. The molecule has 0 bridgehead atoms. The van der Waals surface area contributed by atoms with Gasteiger partial charge in [-0.3, -0.25) is 9.48 Å². The maximum atomic E-state index is 12.7. The number of hydrogen-bond acceptors (Lipinski definition) is 4. The fourth-order valence-corrected chi connectivity index (χ4v) is 4.70. The summed E-state index contributed by atoms with van der Waals surface area (Å²) in [6.45, 7) is 6.19. The van der Waals surface area contributed by atoms with Crippen LogP contribution in [0.25, 0.3) is 0 Å². The van der Waals surface area contributed by atoms with Gasteiger partial charge in [0.25, 0.3) is 5.91 Å². The zero-order chi connectivity index (χ0) is 19.1. The number of sulfone groups is 1. The lowest BCUT2D eigenvalue weighted by molar-refractivity contribution is 0.0933. The van der Waals surface area contributed by atoms with E-state index >= 15 is 0 Å². The molecule has 26 heavy (non-hydrogen) atoms. The first-order chi connectivity index (χ1) is 12.2. The number of nitrogens with one attached hydrogen (secondary N) is 1. The molecular weight excluding hydrogens is 350 g/mol. The van der Waals surface area contributed by atoms with Gasteiger partial charge in [-0.15, -0.1) is 0 Å². The van der Waals surface area contributed by atoms with E-state index in [1.54, 1.807) is 11.7 Å². The van der Waals surface area contributed by atoms with Crippen molar-refractivity contribution in [3.8, 4) is 0 Å². The smallest absolute Gasteiger partial charge is 0.272 e. The van der Waals surface area contributed by atoms with Gasteiger partial charge in [0.05, 0.1) is 17.5 Å². The summed E-state index contributed by atoms with van der Waals surface area (Å²) in [6.07, 6.45) is 0.403. The minimum atomic E-state index is -3.17. The van der Waals surface area contributed by atoms with Gasteiger partial charge < -0.3 is 5.32 Å². The molecule has 1 atom stereocenters. The van der Waals surface area contributed by atoms with Crippen LogP contribution in [0.1, 0.15) is 65.6 Å². The van der Waals surface area contributed by atoms with E-state index in [1.165, 1.54) is 5.56 Å². The number of nitrogens with zero attached hydrogens (tertiary/aromatic N) is 2. The van der Waals surface area contributed by atoms with Gasteiger partial charge in [-0.05, 0) is 24.0 Å². The first kappa shape index (κ1) is 18.6. The van der Waals surface area contributed by atoms with Crippen LogP contribution in [0.4, 0.5) is 0 Å². The molecule has 0 aliphatic carbocycles. The second kappa shape index (κ2) is 6.87. The minimum absolute atomic E-state index is 0.110. The van der Waals surface area contributed by atoms with Gasteiger partial charge >= 0.3 is 0 Å². The van der Waals surface area contributed by atoms with Crippen molar-refractivity contribution in [3.63, 3.8) is 0 Å². The molecule has 1 aromatic carbocycles. The van der Waals surface area contributed by atoms with Crippen LogP contribution in [0.15, 0.2) is 24.3 Å². The SMILES string of the molecule is CC(C)c1ccc(C(C)NC(=O)c2nn(C)c3c2CS(=O)(=O)CC3)cc1. The van der Waals surface area contributed by atoms with Crippen LogP contribution in [-0.2, 0) is 29.1 Å². The van der Waals surface area contributed by atoms with Crippen molar-refractivity contribution in [2.24, 2.45) is 7.05 Å². The zero-order valence-corrected chi connectivity index (χ0v) is 16.4. The Labute approximate surface area is 154 Å². The van der Waals surface area contributed by atoms with Gasteiger partial charge in [-0.25, -0.2) is 8.42 Å². The second-order valence-corrected chi connectivity index (χ2v) is 9.44. The van der Waals surface area contributed by atoms with Crippen molar-refractivity contribution in [2.45, 2.75) is 44.9 Å². The van der Waals surface area contributed by atoms with Gasteiger partial charge in [-0.1, -0.05) is 38.1 Å². The Hall–Kier alpha value is -2.15. The predicted octanol–water partition coefficient (Wildman–Crippen LogP) is 2.51. The normalized spacial score (nSPS) is 17.0. The van der Waals surface area contributed by atoms with Crippen LogP contribution in [0.2, 0.25) is 0 Å². The first-order valence-corrected chi connectivity index (χ1v) is 10.7. The Morgan fingerprint density at radius 3 is 2.38 bits per heavy atom. The Kier molecular flexibility index (Phi) is 4.92. The Morgan fingerprint density at radius 1 is 1.15 bits per heavy atom. The summed E-state index contributed by atoms with van der Waals surface area (Å²) in [6, 6.07) is 7.97. The first-order valence-electron chi connectivity index (χ1n) is 8.84. The van der Waals surface area contributed by atoms with Crippen molar-refractivity contribution in [2.75, 3.05) is 5.75 Å². The molecule has 0 spiro atoms. The third-order valence-corrected chi connectivity index (χ3v) is 6.51. The number of amides is 1. The maximum absolute atomic E-state index is 12.7. The summed E-state index contributed by atoms with van der Waals surface area (Å²) < 4.78 is 25.5. The minimum Gasteiger partial charge on any atom is -0.344 e. The summed E-state index contributed by atoms with van der Waals surface area (Å²) in [7, 11) is -1.41. The fraction of sp³-hybridized carbons (Fsp3) is 0.474. The van der Waals surface area contributed by atoms with E-state index < -0.39 is 9.84 Å². The topological polar surface area (TPSA) is 81.1 Å². The van der Waals surface area contributed by atoms with Gasteiger partial charge in [0.15, 0.2) is 15.5 Å². The molecular formula is C19H25N3O3S. The summed E-state index contributed by atoms with van der Waals surface area (Å²) in [5, 5.41) is 7.22. The van der Waals surface area contributed by atoms with E-state index in [0.29, 0.717) is 17.9 Å². The van der Waals surface area contributed by atoms with Crippen LogP contribution in [0, 0.1) is 0 Å². The molecule has 140 valence electrons. The van der Waals surface area contributed by atoms with E-state index in [4.69, 9.17) is 0 Å². The quantitative estimate of drug-likeness (QED) is 0.890. The van der Waals surface area contributed by atoms with Crippen LogP contribution in [0.5, 0.6) is 0 Å². The average molecular weight is 375 g/mol. The molecule has 0 saturated carbocycles. The molecule has 7 heteroatoms. The van der Waals surface area contributed by atoms with Gasteiger partial charge in [0, 0.05) is 24.7 Å². The van der Waals surface area contributed by atoms with E-state index in [1.807, 2.05) is 19.1 Å². The Bertz CT molecular complexity index is 928. The largest absolute Gasteiger partial charge is 0.344 e. The summed E-state index contributed by atoms with van der Waals surface area (Å²) in [5.74, 6) is 0.116. The molecule has 1 aliphatic heterocycles. The highest BCUT2D eigenvalue weighted by Crippen LogP contribution is 2.24. The summed E-state index contributed by atoms with van der Waals surface area (Å²) in [5.41, 5.74) is 3.84. The van der Waals surface area contributed by atoms with E-state index in [9.17, 15) is 13.2 Å². The summed E-state index contributed by atoms with van der Waals surface area (Å²) >= 11 is 0. The fourth-order valence-electron chi connectivity index (χ4n) is 3.31. The van der Waals surface area contributed by atoms with Crippen molar-refractivity contribution < 1.29 is 13.2 Å². The molecule has 2 heterocycles. The van der Waals surface area contributed by atoms with Crippen molar-refractivity contribution in [1.82, 2.24) is 15.1 Å². The van der Waals surface area contributed by atoms with E-state index in [-0.39, 0.29) is 29.1 Å². The standard InChI is InChI=1S/C19H25N3O3S/c1-12(2)14-5-7-15(8-6-14)13(3)20-19(23)18-16-11-26(24,25)10-9-17(16)22(4)21-18/h5-8,12-13H,9-11H2,1-4H3,(H,20,23). The second-order valence-electron chi connectivity index (χ2n) is 7.26. The molecule has 6 nitrogen and oxygen atoms in total. The van der Waals surface area contributed by atoms with Gasteiger partial charge in [-0.2, -0.15) is 5.10 Å².